The van der Waals surface area contributed by atoms with Crippen LogP contribution >= 0.6 is 11.3 Å². The van der Waals surface area contributed by atoms with Crippen molar-refractivity contribution in [3.8, 4) is 11.3 Å². The molecule has 0 fully saturated rings. The minimum Gasteiger partial charge on any atom is -0.358 e. The number of nitrogens with one attached hydrogen (secondary N) is 2. The zero-order valence-corrected chi connectivity index (χ0v) is 17.7. The number of aromatic amines is 1. The first-order chi connectivity index (χ1) is 13.8. The third-order valence-corrected chi connectivity index (χ3v) is 6.19. The molecule has 7 heteroatoms. The number of carbonyl (C=O) groups is 1. The molecule has 29 heavy (non-hydrogen) atoms. The maximum Gasteiger partial charge on any atom is 0.263 e. The zero-order chi connectivity index (χ0) is 20.6. The van der Waals surface area contributed by atoms with E-state index in [1.165, 1.54) is 11.3 Å². The van der Waals surface area contributed by atoms with E-state index in [2.05, 4.69) is 52.1 Å². The molecule has 0 saturated carbocycles. The zero-order valence-electron chi connectivity index (χ0n) is 16.9. The Morgan fingerprint density at radius 3 is 2.72 bits per heavy atom. The summed E-state index contributed by atoms with van der Waals surface area (Å²) in [6.45, 7) is 8.79. The van der Waals surface area contributed by atoms with Crippen LogP contribution in [-0.4, -0.2) is 25.8 Å². The topological polar surface area (TPSA) is 83.6 Å². The predicted molar refractivity (Wildman–Crippen MR) is 116 cm³/mol. The number of H-pyrrole nitrogens is 1. The highest BCUT2D eigenvalue weighted by atomic mass is 32.1. The SMILES string of the molecule is Cc1cc(-c2ncnc3cc[nH]c23)ccc1CNC(=O)c1cnc(C(C)(C)C)s1. The highest BCUT2D eigenvalue weighted by Crippen LogP contribution is 2.27. The molecule has 0 radical (unpaired) electrons. The molecule has 4 aromatic rings. The lowest BCUT2D eigenvalue weighted by atomic mass is 9.98. The van der Waals surface area contributed by atoms with Gasteiger partial charge in [0.2, 0.25) is 0 Å². The van der Waals surface area contributed by atoms with E-state index in [0.717, 1.165) is 38.4 Å². The predicted octanol–water partition coefficient (Wildman–Crippen LogP) is 4.62. The molecule has 148 valence electrons. The third-order valence-electron chi connectivity index (χ3n) is 4.77. The van der Waals surface area contributed by atoms with Gasteiger partial charge in [-0.3, -0.25) is 4.79 Å². The number of aryl methyl sites for hydroxylation is 1. The number of aromatic nitrogens is 4. The van der Waals surface area contributed by atoms with Crippen LogP contribution in [0, 0.1) is 6.92 Å². The van der Waals surface area contributed by atoms with Gasteiger partial charge in [0, 0.05) is 23.7 Å². The van der Waals surface area contributed by atoms with Crippen LogP contribution in [0.3, 0.4) is 0 Å². The molecule has 1 amide bonds. The maximum absolute atomic E-state index is 12.5. The molecule has 0 atom stereocenters. The van der Waals surface area contributed by atoms with Crippen LogP contribution in [0.1, 0.15) is 46.6 Å². The lowest BCUT2D eigenvalue weighted by Gasteiger charge is -2.13. The van der Waals surface area contributed by atoms with Crippen molar-refractivity contribution in [3.63, 3.8) is 0 Å². The Balaban J connectivity index is 1.50. The van der Waals surface area contributed by atoms with Gasteiger partial charge in [0.25, 0.3) is 5.91 Å². The third kappa shape index (κ3) is 3.91. The fourth-order valence-corrected chi connectivity index (χ4v) is 4.01. The van der Waals surface area contributed by atoms with Crippen LogP contribution in [0.5, 0.6) is 0 Å². The summed E-state index contributed by atoms with van der Waals surface area (Å²) in [5.74, 6) is -0.0922. The second-order valence-corrected chi connectivity index (χ2v) is 9.09. The smallest absolute Gasteiger partial charge is 0.263 e. The van der Waals surface area contributed by atoms with Crippen molar-refractivity contribution in [1.29, 1.82) is 0 Å². The van der Waals surface area contributed by atoms with Gasteiger partial charge in [0.05, 0.1) is 27.9 Å². The first-order valence-electron chi connectivity index (χ1n) is 9.45. The summed E-state index contributed by atoms with van der Waals surface area (Å²) >= 11 is 1.45. The molecule has 0 aliphatic heterocycles. The van der Waals surface area contributed by atoms with Crippen LogP contribution in [0.4, 0.5) is 0 Å². The average molecular weight is 406 g/mol. The van der Waals surface area contributed by atoms with Gasteiger partial charge in [0.15, 0.2) is 0 Å². The molecule has 0 unspecified atom stereocenters. The van der Waals surface area contributed by atoms with Crippen LogP contribution in [-0.2, 0) is 12.0 Å². The fraction of sp³-hybridized carbons (Fsp3) is 0.273. The summed E-state index contributed by atoms with van der Waals surface area (Å²) in [6, 6.07) is 8.09. The molecule has 2 N–H and O–H groups in total. The normalized spacial score (nSPS) is 11.7. The van der Waals surface area contributed by atoms with Gasteiger partial charge in [-0.25, -0.2) is 15.0 Å². The van der Waals surface area contributed by atoms with E-state index >= 15 is 0 Å². The summed E-state index contributed by atoms with van der Waals surface area (Å²) in [4.78, 5) is 29.5. The molecule has 3 aromatic heterocycles. The van der Waals surface area contributed by atoms with Crippen molar-refractivity contribution in [2.45, 2.75) is 39.7 Å². The van der Waals surface area contributed by atoms with E-state index in [-0.39, 0.29) is 11.3 Å². The molecular weight excluding hydrogens is 382 g/mol. The van der Waals surface area contributed by atoms with Crippen LogP contribution in [0.2, 0.25) is 0 Å². The van der Waals surface area contributed by atoms with E-state index in [1.54, 1.807) is 12.5 Å². The Hall–Kier alpha value is -3.06. The van der Waals surface area contributed by atoms with Crippen LogP contribution in [0.25, 0.3) is 22.3 Å². The molecule has 0 spiro atoms. The quantitative estimate of drug-likeness (QED) is 0.519. The van der Waals surface area contributed by atoms with Crippen molar-refractivity contribution in [2.75, 3.05) is 0 Å². The Morgan fingerprint density at radius 2 is 2.00 bits per heavy atom. The van der Waals surface area contributed by atoms with Crippen molar-refractivity contribution < 1.29 is 4.79 Å². The number of hydrogen-bond acceptors (Lipinski definition) is 5. The van der Waals surface area contributed by atoms with Gasteiger partial charge < -0.3 is 10.3 Å². The first-order valence-corrected chi connectivity index (χ1v) is 10.3. The highest BCUT2D eigenvalue weighted by molar-refractivity contribution is 7.13. The molecule has 4 rings (SSSR count). The van der Waals surface area contributed by atoms with Gasteiger partial charge in [-0.15, -0.1) is 11.3 Å². The van der Waals surface area contributed by atoms with E-state index in [0.29, 0.717) is 11.4 Å². The number of thiazole rings is 1. The number of fused-ring (bicyclic) bond motifs is 1. The number of hydrogen-bond donors (Lipinski definition) is 2. The van der Waals surface area contributed by atoms with Crippen molar-refractivity contribution in [3.05, 3.63) is 64.0 Å². The average Bonchev–Trinajstić information content (AvgIpc) is 3.35. The largest absolute Gasteiger partial charge is 0.358 e. The van der Waals surface area contributed by atoms with Gasteiger partial charge in [0.1, 0.15) is 11.2 Å². The Bertz CT molecular complexity index is 1190. The van der Waals surface area contributed by atoms with Crippen LogP contribution in [0.15, 0.2) is 43.0 Å². The van der Waals surface area contributed by atoms with Crippen LogP contribution < -0.4 is 5.32 Å². The van der Waals surface area contributed by atoms with Crippen molar-refractivity contribution in [2.24, 2.45) is 0 Å². The van der Waals surface area contributed by atoms with Gasteiger partial charge in [-0.05, 0) is 30.2 Å². The Morgan fingerprint density at radius 1 is 1.17 bits per heavy atom. The minimum atomic E-state index is -0.0922. The molecule has 0 bridgehead atoms. The van der Waals surface area contributed by atoms with Gasteiger partial charge >= 0.3 is 0 Å². The van der Waals surface area contributed by atoms with Gasteiger partial charge in [-0.1, -0.05) is 32.9 Å². The summed E-state index contributed by atoms with van der Waals surface area (Å²) in [5.41, 5.74) is 5.82. The summed E-state index contributed by atoms with van der Waals surface area (Å²) < 4.78 is 0. The first kappa shape index (κ1) is 19.3. The number of carbonyl (C=O) groups excluding carboxylic acids is 1. The van der Waals surface area contributed by atoms with E-state index < -0.39 is 0 Å². The van der Waals surface area contributed by atoms with E-state index in [9.17, 15) is 4.79 Å². The monoisotopic (exact) mass is 405 g/mol. The lowest BCUT2D eigenvalue weighted by Crippen LogP contribution is -2.22. The molecular formula is C22H23N5OS. The van der Waals surface area contributed by atoms with E-state index in [1.807, 2.05) is 31.3 Å². The molecule has 3 heterocycles. The molecule has 1 aromatic carbocycles. The highest BCUT2D eigenvalue weighted by Gasteiger charge is 2.20. The number of rotatable bonds is 4. The maximum atomic E-state index is 12.5. The molecule has 6 nitrogen and oxygen atoms in total. The van der Waals surface area contributed by atoms with Gasteiger partial charge in [-0.2, -0.15) is 0 Å². The van der Waals surface area contributed by atoms with E-state index in [4.69, 9.17) is 0 Å². The Labute approximate surface area is 173 Å². The molecule has 0 saturated heterocycles. The van der Waals surface area contributed by atoms with Crippen molar-refractivity contribution in [1.82, 2.24) is 25.3 Å². The standard InChI is InChI=1S/C22H23N5OS/c1-13-9-14(18-19-16(7-8-23-19)26-12-27-18)5-6-15(13)10-24-20(28)17-11-25-21(29-17)22(2,3)4/h5-9,11-12,23H,10H2,1-4H3,(H,24,28). The number of nitrogens with zero attached hydrogens (tertiary/aromatic N) is 3. The second kappa shape index (κ2) is 7.40. The second-order valence-electron chi connectivity index (χ2n) is 8.06. The van der Waals surface area contributed by atoms with Crippen molar-refractivity contribution >= 4 is 28.3 Å². The lowest BCUT2D eigenvalue weighted by molar-refractivity contribution is 0.0954. The number of benzene rings is 1. The molecule has 0 aliphatic rings. The fourth-order valence-electron chi connectivity index (χ4n) is 3.12. The number of amides is 1. The Kier molecular flexibility index (Phi) is 4.92. The summed E-state index contributed by atoms with van der Waals surface area (Å²) in [6.07, 6.45) is 5.10. The summed E-state index contributed by atoms with van der Waals surface area (Å²) in [5, 5.41) is 3.97. The summed E-state index contributed by atoms with van der Waals surface area (Å²) in [7, 11) is 0. The molecule has 0 aliphatic carbocycles. The minimum absolute atomic E-state index is 0.0544.